The number of nitrogens with zero attached hydrogens (tertiary/aromatic N) is 1. The van der Waals surface area contributed by atoms with Gasteiger partial charge in [-0.15, -0.1) is 0 Å². The van der Waals surface area contributed by atoms with Crippen LogP contribution in [0.4, 0.5) is 0 Å². The number of carbonyl (C=O) groups excluding carboxylic acids is 1. The van der Waals surface area contributed by atoms with Gasteiger partial charge in [0.05, 0.1) is 6.61 Å². The fraction of sp³-hybridized carbons (Fsp3) is 0.933. The monoisotopic (exact) mass is 270 g/mol. The van der Waals surface area contributed by atoms with Crippen LogP contribution >= 0.6 is 0 Å². The predicted octanol–water partition coefficient (Wildman–Crippen LogP) is 2.18. The summed E-state index contributed by atoms with van der Waals surface area (Å²) in [6, 6.07) is 0.843. The van der Waals surface area contributed by atoms with Crippen molar-refractivity contribution in [2.24, 2.45) is 0 Å². The van der Waals surface area contributed by atoms with Crippen LogP contribution in [0, 0.1) is 0 Å². The molecule has 4 heteroatoms. The topological polar surface area (TPSA) is 41.6 Å². The molecule has 1 saturated heterocycles. The number of carbonyl (C=O) groups is 1. The highest BCUT2D eigenvalue weighted by Crippen LogP contribution is 2.20. The van der Waals surface area contributed by atoms with E-state index in [1.54, 1.807) is 0 Å². The Labute approximate surface area is 117 Å². The third-order valence-corrected chi connectivity index (χ3v) is 3.78. The standard InChI is InChI=1S/C15H30N2O2/c1-5-13-8-7-10-17(13)11-9-14(16-12(3)4)15(18)19-6-2/h12-14,16H,5-11H2,1-4H3. The van der Waals surface area contributed by atoms with Gasteiger partial charge >= 0.3 is 5.97 Å². The molecule has 0 bridgehead atoms. The number of ether oxygens (including phenoxy) is 1. The second-order valence-electron chi connectivity index (χ2n) is 5.65. The van der Waals surface area contributed by atoms with E-state index >= 15 is 0 Å². The first-order valence-electron chi connectivity index (χ1n) is 7.75. The Morgan fingerprint density at radius 3 is 2.74 bits per heavy atom. The average Bonchev–Trinajstić information content (AvgIpc) is 2.81. The maximum absolute atomic E-state index is 11.9. The molecule has 1 rings (SSSR count). The average molecular weight is 270 g/mol. The molecule has 0 spiro atoms. The van der Waals surface area contributed by atoms with E-state index < -0.39 is 0 Å². The minimum Gasteiger partial charge on any atom is -0.465 e. The Kier molecular flexibility index (Phi) is 7.39. The lowest BCUT2D eigenvalue weighted by molar-refractivity contribution is -0.146. The number of hydrogen-bond donors (Lipinski definition) is 1. The number of esters is 1. The first-order valence-corrected chi connectivity index (χ1v) is 7.75. The van der Waals surface area contributed by atoms with E-state index in [-0.39, 0.29) is 12.0 Å². The molecule has 1 fully saturated rings. The molecule has 1 N–H and O–H groups in total. The Bertz CT molecular complexity index is 269. The highest BCUT2D eigenvalue weighted by molar-refractivity contribution is 5.75. The van der Waals surface area contributed by atoms with Crippen LogP contribution in [0.15, 0.2) is 0 Å². The summed E-state index contributed by atoms with van der Waals surface area (Å²) in [5, 5.41) is 3.32. The lowest BCUT2D eigenvalue weighted by Gasteiger charge is -2.26. The van der Waals surface area contributed by atoms with Crippen molar-refractivity contribution in [1.29, 1.82) is 0 Å². The van der Waals surface area contributed by atoms with Crippen LogP contribution in [-0.2, 0) is 9.53 Å². The van der Waals surface area contributed by atoms with Crippen LogP contribution in [0.3, 0.4) is 0 Å². The number of likely N-dealkylation sites (tertiary alicyclic amines) is 1. The lowest BCUT2D eigenvalue weighted by Crippen LogP contribution is -2.44. The first kappa shape index (κ1) is 16.4. The maximum Gasteiger partial charge on any atom is 0.323 e. The van der Waals surface area contributed by atoms with Gasteiger partial charge in [-0.2, -0.15) is 0 Å². The van der Waals surface area contributed by atoms with Gasteiger partial charge in [-0.05, 0) is 39.2 Å². The molecule has 2 atom stereocenters. The largest absolute Gasteiger partial charge is 0.465 e. The van der Waals surface area contributed by atoms with E-state index in [0.717, 1.165) is 13.0 Å². The van der Waals surface area contributed by atoms with Crippen molar-refractivity contribution < 1.29 is 9.53 Å². The highest BCUT2D eigenvalue weighted by atomic mass is 16.5. The highest BCUT2D eigenvalue weighted by Gasteiger charge is 2.26. The summed E-state index contributed by atoms with van der Waals surface area (Å²) in [4.78, 5) is 14.5. The molecule has 2 unspecified atom stereocenters. The summed E-state index contributed by atoms with van der Waals surface area (Å²) in [5.41, 5.74) is 0. The molecule has 0 aliphatic carbocycles. The second kappa shape index (κ2) is 8.54. The minimum atomic E-state index is -0.168. The Morgan fingerprint density at radius 1 is 1.42 bits per heavy atom. The van der Waals surface area contributed by atoms with Gasteiger partial charge in [-0.25, -0.2) is 0 Å². The molecule has 1 heterocycles. The van der Waals surface area contributed by atoms with Crippen molar-refractivity contribution in [1.82, 2.24) is 10.2 Å². The van der Waals surface area contributed by atoms with Crippen molar-refractivity contribution in [2.45, 2.75) is 71.5 Å². The van der Waals surface area contributed by atoms with Crippen LogP contribution < -0.4 is 5.32 Å². The quantitative estimate of drug-likeness (QED) is 0.686. The smallest absolute Gasteiger partial charge is 0.323 e. The van der Waals surface area contributed by atoms with Crippen LogP contribution in [-0.4, -0.2) is 48.7 Å². The lowest BCUT2D eigenvalue weighted by atomic mass is 10.1. The summed E-state index contributed by atoms with van der Waals surface area (Å²) in [7, 11) is 0. The van der Waals surface area contributed by atoms with Crippen molar-refractivity contribution in [2.75, 3.05) is 19.7 Å². The van der Waals surface area contributed by atoms with Gasteiger partial charge in [-0.3, -0.25) is 4.79 Å². The molecule has 0 radical (unpaired) electrons. The zero-order chi connectivity index (χ0) is 14.3. The van der Waals surface area contributed by atoms with E-state index in [1.165, 1.54) is 25.8 Å². The van der Waals surface area contributed by atoms with E-state index in [2.05, 4.69) is 31.0 Å². The molecule has 112 valence electrons. The number of nitrogens with one attached hydrogen (secondary N) is 1. The fourth-order valence-electron chi connectivity index (χ4n) is 2.86. The summed E-state index contributed by atoms with van der Waals surface area (Å²) in [5.74, 6) is -0.108. The summed E-state index contributed by atoms with van der Waals surface area (Å²) < 4.78 is 5.15. The van der Waals surface area contributed by atoms with E-state index in [0.29, 0.717) is 18.7 Å². The second-order valence-corrected chi connectivity index (χ2v) is 5.65. The summed E-state index contributed by atoms with van der Waals surface area (Å²) in [6.07, 6.45) is 4.65. The number of rotatable bonds is 8. The molecule has 0 saturated carbocycles. The molecular weight excluding hydrogens is 240 g/mol. The molecule has 0 aromatic carbocycles. The third kappa shape index (κ3) is 5.49. The zero-order valence-electron chi connectivity index (χ0n) is 12.9. The van der Waals surface area contributed by atoms with E-state index in [4.69, 9.17) is 4.74 Å². The van der Waals surface area contributed by atoms with Crippen LogP contribution in [0.1, 0.15) is 53.4 Å². The van der Waals surface area contributed by atoms with Crippen LogP contribution in [0.2, 0.25) is 0 Å². The third-order valence-electron chi connectivity index (χ3n) is 3.78. The van der Waals surface area contributed by atoms with Gasteiger partial charge in [0, 0.05) is 18.6 Å². The Hall–Kier alpha value is -0.610. The van der Waals surface area contributed by atoms with Gasteiger partial charge < -0.3 is 15.0 Å². The van der Waals surface area contributed by atoms with E-state index in [9.17, 15) is 4.79 Å². The summed E-state index contributed by atoms with van der Waals surface area (Å²) in [6.45, 7) is 10.9. The molecule has 0 amide bonds. The Morgan fingerprint density at radius 2 is 2.16 bits per heavy atom. The van der Waals surface area contributed by atoms with Gasteiger partial charge in [0.15, 0.2) is 0 Å². The molecule has 4 nitrogen and oxygen atoms in total. The van der Waals surface area contributed by atoms with Crippen LogP contribution in [0.5, 0.6) is 0 Å². The van der Waals surface area contributed by atoms with E-state index in [1.807, 2.05) is 6.92 Å². The van der Waals surface area contributed by atoms with Crippen LogP contribution in [0.25, 0.3) is 0 Å². The molecule has 19 heavy (non-hydrogen) atoms. The Balaban J connectivity index is 2.45. The molecule has 1 aliphatic heterocycles. The van der Waals surface area contributed by atoms with Gasteiger partial charge in [0.25, 0.3) is 0 Å². The molecule has 0 aromatic heterocycles. The van der Waals surface area contributed by atoms with Crippen molar-refractivity contribution >= 4 is 5.97 Å². The molecule has 1 aliphatic rings. The minimum absolute atomic E-state index is 0.108. The normalized spacial score (nSPS) is 21.8. The summed E-state index contributed by atoms with van der Waals surface area (Å²) >= 11 is 0. The zero-order valence-corrected chi connectivity index (χ0v) is 12.9. The van der Waals surface area contributed by atoms with Crippen molar-refractivity contribution in [3.8, 4) is 0 Å². The van der Waals surface area contributed by atoms with Crippen molar-refractivity contribution in [3.63, 3.8) is 0 Å². The first-order chi connectivity index (χ1) is 9.08. The molecule has 0 aromatic rings. The van der Waals surface area contributed by atoms with Gasteiger partial charge in [-0.1, -0.05) is 20.8 Å². The molecular formula is C15H30N2O2. The van der Waals surface area contributed by atoms with Gasteiger partial charge in [0.1, 0.15) is 6.04 Å². The fourth-order valence-corrected chi connectivity index (χ4v) is 2.86. The van der Waals surface area contributed by atoms with Gasteiger partial charge in [0.2, 0.25) is 0 Å². The predicted molar refractivity (Wildman–Crippen MR) is 78.2 cm³/mol. The van der Waals surface area contributed by atoms with Crippen molar-refractivity contribution in [3.05, 3.63) is 0 Å². The SMILES string of the molecule is CCOC(=O)C(CCN1CCCC1CC)NC(C)C. The maximum atomic E-state index is 11.9. The number of hydrogen-bond acceptors (Lipinski definition) is 4.